The maximum Gasteiger partial charge on any atom is 0.123 e. The first kappa shape index (κ1) is 13.5. The molecule has 0 radical (unpaired) electrons. The van der Waals surface area contributed by atoms with Crippen molar-refractivity contribution < 1.29 is 8.78 Å². The summed E-state index contributed by atoms with van der Waals surface area (Å²) < 4.78 is 26.9. The van der Waals surface area contributed by atoms with Gasteiger partial charge in [0.2, 0.25) is 0 Å². The number of benzene rings is 2. The van der Waals surface area contributed by atoms with Gasteiger partial charge >= 0.3 is 0 Å². The van der Waals surface area contributed by atoms with Crippen LogP contribution in [0.25, 0.3) is 11.1 Å². The molecule has 0 aliphatic heterocycles. The Morgan fingerprint density at radius 2 is 1.65 bits per heavy atom. The molecule has 20 heavy (non-hydrogen) atoms. The van der Waals surface area contributed by atoms with Crippen LogP contribution >= 0.6 is 11.6 Å². The fourth-order valence-corrected chi connectivity index (χ4v) is 2.42. The number of rotatable bonds is 4. The molecule has 2 aromatic carbocycles. The van der Waals surface area contributed by atoms with Crippen molar-refractivity contribution in [1.82, 2.24) is 5.32 Å². The zero-order chi connectivity index (χ0) is 14.1. The molecule has 104 valence electrons. The number of hydrogen-bond donors (Lipinski definition) is 1. The maximum absolute atomic E-state index is 13.5. The van der Waals surface area contributed by atoms with Crippen molar-refractivity contribution in [3.05, 3.63) is 58.6 Å². The van der Waals surface area contributed by atoms with Crippen LogP contribution in [0.5, 0.6) is 0 Å². The van der Waals surface area contributed by atoms with Gasteiger partial charge in [-0.2, -0.15) is 0 Å². The third kappa shape index (κ3) is 3.00. The maximum atomic E-state index is 13.5. The molecule has 0 saturated heterocycles. The second-order valence-corrected chi connectivity index (χ2v) is 5.49. The first-order chi connectivity index (χ1) is 9.63. The number of hydrogen-bond acceptors (Lipinski definition) is 1. The van der Waals surface area contributed by atoms with E-state index in [1.54, 1.807) is 6.07 Å². The van der Waals surface area contributed by atoms with Crippen LogP contribution < -0.4 is 5.32 Å². The van der Waals surface area contributed by atoms with Gasteiger partial charge in [0.05, 0.1) is 0 Å². The molecule has 0 amide bonds. The molecule has 0 spiro atoms. The summed E-state index contributed by atoms with van der Waals surface area (Å²) in [7, 11) is 0. The molecule has 1 aliphatic rings. The molecule has 1 nitrogen and oxygen atoms in total. The molecule has 4 heteroatoms. The Balaban J connectivity index is 2.00. The van der Waals surface area contributed by atoms with Gasteiger partial charge in [0.15, 0.2) is 0 Å². The van der Waals surface area contributed by atoms with Crippen LogP contribution in [0.4, 0.5) is 8.78 Å². The van der Waals surface area contributed by atoms with Crippen LogP contribution in [-0.4, -0.2) is 6.04 Å². The van der Waals surface area contributed by atoms with Crippen molar-refractivity contribution >= 4 is 11.6 Å². The van der Waals surface area contributed by atoms with Gasteiger partial charge in [-0.25, -0.2) is 8.78 Å². The highest BCUT2D eigenvalue weighted by Gasteiger charge is 2.21. The summed E-state index contributed by atoms with van der Waals surface area (Å²) in [6, 6.07) is 9.24. The lowest BCUT2D eigenvalue weighted by Crippen LogP contribution is -2.16. The quantitative estimate of drug-likeness (QED) is 0.873. The van der Waals surface area contributed by atoms with Gasteiger partial charge in [0.1, 0.15) is 11.6 Å². The van der Waals surface area contributed by atoms with E-state index in [2.05, 4.69) is 5.32 Å². The highest BCUT2D eigenvalue weighted by Crippen LogP contribution is 2.32. The lowest BCUT2D eigenvalue weighted by molar-refractivity contribution is 0.623. The fraction of sp³-hybridized carbons (Fsp3) is 0.250. The Hall–Kier alpha value is -1.45. The molecule has 0 atom stereocenters. The van der Waals surface area contributed by atoms with Gasteiger partial charge in [-0.3, -0.25) is 0 Å². The van der Waals surface area contributed by atoms with E-state index in [0.717, 1.165) is 5.56 Å². The van der Waals surface area contributed by atoms with E-state index in [4.69, 9.17) is 11.6 Å². The lowest BCUT2D eigenvalue weighted by atomic mass is 9.99. The molecule has 0 heterocycles. The van der Waals surface area contributed by atoms with E-state index < -0.39 is 0 Å². The monoisotopic (exact) mass is 293 g/mol. The van der Waals surface area contributed by atoms with Crippen molar-refractivity contribution in [1.29, 1.82) is 0 Å². The van der Waals surface area contributed by atoms with E-state index in [1.807, 2.05) is 0 Å². The standard InChI is InChI=1S/C16H14ClF2N/c17-16-6-3-12(19)8-15(16)14-7-11(18)2-1-10(14)9-20-13-4-5-13/h1-3,6-8,13,20H,4-5,9H2. The Bertz CT molecular complexity index is 638. The molecule has 1 N–H and O–H groups in total. The minimum Gasteiger partial charge on any atom is -0.310 e. The summed E-state index contributed by atoms with van der Waals surface area (Å²) in [5, 5.41) is 3.80. The smallest absolute Gasteiger partial charge is 0.123 e. The van der Waals surface area contributed by atoms with Crippen LogP contribution in [-0.2, 0) is 6.54 Å². The molecular formula is C16H14ClF2N. The highest BCUT2D eigenvalue weighted by molar-refractivity contribution is 6.33. The Morgan fingerprint density at radius 3 is 2.35 bits per heavy atom. The van der Waals surface area contributed by atoms with Crippen molar-refractivity contribution in [3.63, 3.8) is 0 Å². The molecule has 1 saturated carbocycles. The first-order valence-corrected chi connectivity index (χ1v) is 6.98. The van der Waals surface area contributed by atoms with Crippen molar-refractivity contribution in [3.8, 4) is 11.1 Å². The van der Waals surface area contributed by atoms with Gasteiger partial charge in [-0.1, -0.05) is 17.7 Å². The SMILES string of the molecule is Fc1ccc(Cl)c(-c2cc(F)ccc2CNC2CC2)c1. The van der Waals surface area contributed by atoms with Crippen LogP contribution in [0, 0.1) is 11.6 Å². The first-order valence-electron chi connectivity index (χ1n) is 6.61. The van der Waals surface area contributed by atoms with Gasteiger partial charge in [-0.15, -0.1) is 0 Å². The van der Waals surface area contributed by atoms with Crippen molar-refractivity contribution in [2.24, 2.45) is 0 Å². The molecule has 1 fully saturated rings. The molecule has 1 aliphatic carbocycles. The molecule has 2 aromatic rings. The lowest BCUT2D eigenvalue weighted by Gasteiger charge is -2.12. The predicted octanol–water partition coefficient (Wildman–Crippen LogP) is 4.54. The van der Waals surface area contributed by atoms with E-state index in [0.29, 0.717) is 28.7 Å². The Labute approximate surface area is 121 Å². The van der Waals surface area contributed by atoms with Gasteiger partial charge in [0, 0.05) is 23.2 Å². The summed E-state index contributed by atoms with van der Waals surface area (Å²) in [5.41, 5.74) is 2.09. The molecule has 0 unspecified atom stereocenters. The average Bonchev–Trinajstić information content (AvgIpc) is 3.24. The van der Waals surface area contributed by atoms with Crippen LogP contribution in [0.3, 0.4) is 0 Å². The number of halogens is 3. The Kier molecular flexibility index (Phi) is 3.72. The second kappa shape index (κ2) is 5.51. The van der Waals surface area contributed by atoms with Crippen molar-refractivity contribution in [2.75, 3.05) is 0 Å². The second-order valence-electron chi connectivity index (χ2n) is 5.08. The zero-order valence-corrected chi connectivity index (χ0v) is 11.6. The normalized spacial score (nSPS) is 14.6. The average molecular weight is 294 g/mol. The van der Waals surface area contributed by atoms with Crippen LogP contribution in [0.15, 0.2) is 36.4 Å². The summed E-state index contributed by atoms with van der Waals surface area (Å²) in [4.78, 5) is 0. The third-order valence-electron chi connectivity index (χ3n) is 3.45. The minimum absolute atomic E-state index is 0.351. The fourth-order valence-electron chi connectivity index (χ4n) is 2.20. The van der Waals surface area contributed by atoms with Crippen LogP contribution in [0.1, 0.15) is 18.4 Å². The van der Waals surface area contributed by atoms with Gasteiger partial charge in [0.25, 0.3) is 0 Å². The summed E-state index contributed by atoms with van der Waals surface area (Å²) in [6.07, 6.45) is 2.36. The molecular weight excluding hydrogens is 280 g/mol. The summed E-state index contributed by atoms with van der Waals surface area (Å²) in [6.45, 7) is 0.632. The van der Waals surface area contributed by atoms with Gasteiger partial charge < -0.3 is 5.32 Å². The largest absolute Gasteiger partial charge is 0.310 e. The summed E-state index contributed by atoms with van der Waals surface area (Å²) in [5.74, 6) is -0.731. The van der Waals surface area contributed by atoms with E-state index in [9.17, 15) is 8.78 Å². The third-order valence-corrected chi connectivity index (χ3v) is 3.78. The number of nitrogens with one attached hydrogen (secondary N) is 1. The van der Waals surface area contributed by atoms with Crippen LogP contribution in [0.2, 0.25) is 5.02 Å². The van der Waals surface area contributed by atoms with E-state index in [1.165, 1.54) is 43.2 Å². The van der Waals surface area contributed by atoms with E-state index in [-0.39, 0.29) is 11.6 Å². The molecule has 0 bridgehead atoms. The highest BCUT2D eigenvalue weighted by atomic mass is 35.5. The Morgan fingerprint density at radius 1 is 1.00 bits per heavy atom. The van der Waals surface area contributed by atoms with E-state index >= 15 is 0 Å². The zero-order valence-electron chi connectivity index (χ0n) is 10.8. The van der Waals surface area contributed by atoms with Crippen molar-refractivity contribution in [2.45, 2.75) is 25.4 Å². The molecule has 3 rings (SSSR count). The van der Waals surface area contributed by atoms with Gasteiger partial charge in [-0.05, 0) is 54.3 Å². The topological polar surface area (TPSA) is 12.0 Å². The minimum atomic E-state index is -0.380. The molecule has 0 aromatic heterocycles. The predicted molar refractivity (Wildman–Crippen MR) is 76.7 cm³/mol. The summed E-state index contributed by atoms with van der Waals surface area (Å²) >= 11 is 6.12.